The molecule has 0 saturated heterocycles. The Morgan fingerprint density at radius 1 is 1.42 bits per heavy atom. The van der Waals surface area contributed by atoms with Gasteiger partial charge >= 0.3 is 0 Å². The number of aryl methyl sites for hydroxylation is 1. The van der Waals surface area contributed by atoms with Crippen LogP contribution in [0.3, 0.4) is 0 Å². The molecule has 0 aliphatic carbocycles. The zero-order valence-electron chi connectivity index (χ0n) is 14.5. The molecular weight excluding hydrogens is 326 g/mol. The molecule has 6 heteroatoms. The molecule has 1 aliphatic rings. The lowest BCUT2D eigenvalue weighted by Gasteiger charge is -2.22. The number of hydrogen-bond donors (Lipinski definition) is 0. The Kier molecular flexibility index (Phi) is 4.54. The van der Waals surface area contributed by atoms with E-state index >= 15 is 0 Å². The molecule has 0 fully saturated rings. The molecule has 1 atom stereocenters. The normalized spacial score (nSPS) is 14.6. The first-order valence-corrected chi connectivity index (χ1v) is 8.57. The van der Waals surface area contributed by atoms with Crippen molar-refractivity contribution in [2.45, 2.75) is 39.7 Å². The van der Waals surface area contributed by atoms with Gasteiger partial charge in [0.25, 0.3) is 5.56 Å². The predicted octanol–water partition coefficient (Wildman–Crippen LogP) is 3.88. The fraction of sp³-hybridized carbons (Fsp3) is 0.444. The molecule has 0 saturated carbocycles. The van der Waals surface area contributed by atoms with Gasteiger partial charge in [-0.25, -0.2) is 4.98 Å². The van der Waals surface area contributed by atoms with E-state index in [0.29, 0.717) is 17.5 Å². The summed E-state index contributed by atoms with van der Waals surface area (Å²) in [7, 11) is 1.66. The number of rotatable bonds is 4. The summed E-state index contributed by atoms with van der Waals surface area (Å²) in [4.78, 5) is 19.3. The standard InChI is InChI=1S/C18H22ClN3O2/c1-5-12(3)22-10-15(19)20-17(18(22)23)21-7-6-13-9-14(24-4)8-11(2)16(13)21/h8-10,12H,5-7H2,1-4H3. The van der Waals surface area contributed by atoms with Crippen molar-refractivity contribution >= 4 is 23.1 Å². The Labute approximate surface area is 146 Å². The number of nitrogens with zero attached hydrogens (tertiary/aromatic N) is 3. The van der Waals surface area contributed by atoms with Crippen LogP contribution in [0, 0.1) is 6.92 Å². The van der Waals surface area contributed by atoms with E-state index in [1.165, 1.54) is 5.56 Å². The molecule has 0 spiro atoms. The summed E-state index contributed by atoms with van der Waals surface area (Å²) >= 11 is 6.20. The van der Waals surface area contributed by atoms with E-state index in [-0.39, 0.29) is 11.6 Å². The van der Waals surface area contributed by atoms with Gasteiger partial charge in [-0.3, -0.25) is 4.79 Å². The van der Waals surface area contributed by atoms with E-state index < -0.39 is 0 Å². The number of methoxy groups -OCH3 is 1. The van der Waals surface area contributed by atoms with Crippen LogP contribution in [0.25, 0.3) is 0 Å². The molecule has 0 N–H and O–H groups in total. The largest absolute Gasteiger partial charge is 0.497 e. The summed E-state index contributed by atoms with van der Waals surface area (Å²) in [5.74, 6) is 1.24. The molecule has 1 aliphatic heterocycles. The highest BCUT2D eigenvalue weighted by Gasteiger charge is 2.27. The number of aromatic nitrogens is 2. The number of anilines is 2. The molecule has 0 bridgehead atoms. The lowest BCUT2D eigenvalue weighted by Crippen LogP contribution is -2.31. The predicted molar refractivity (Wildman–Crippen MR) is 97.0 cm³/mol. The average Bonchev–Trinajstić information content (AvgIpc) is 3.00. The van der Waals surface area contributed by atoms with Crippen LogP contribution in [0.2, 0.25) is 5.15 Å². The number of halogens is 1. The van der Waals surface area contributed by atoms with Crippen LogP contribution in [0.5, 0.6) is 5.75 Å². The first-order valence-electron chi connectivity index (χ1n) is 8.20. The monoisotopic (exact) mass is 347 g/mol. The third-order valence-corrected chi connectivity index (χ3v) is 4.85. The van der Waals surface area contributed by atoms with Gasteiger partial charge in [-0.1, -0.05) is 18.5 Å². The van der Waals surface area contributed by atoms with Crippen molar-refractivity contribution in [1.29, 1.82) is 0 Å². The summed E-state index contributed by atoms with van der Waals surface area (Å²) in [6.07, 6.45) is 3.33. The quantitative estimate of drug-likeness (QED) is 0.842. The van der Waals surface area contributed by atoms with E-state index in [1.54, 1.807) is 17.9 Å². The van der Waals surface area contributed by atoms with Crippen LogP contribution in [-0.4, -0.2) is 23.2 Å². The summed E-state index contributed by atoms with van der Waals surface area (Å²) in [5, 5.41) is 0.338. The fourth-order valence-electron chi connectivity index (χ4n) is 3.23. The fourth-order valence-corrected chi connectivity index (χ4v) is 3.42. The summed E-state index contributed by atoms with van der Waals surface area (Å²) < 4.78 is 7.03. The van der Waals surface area contributed by atoms with Gasteiger partial charge in [-0.15, -0.1) is 0 Å². The highest BCUT2D eigenvalue weighted by molar-refractivity contribution is 6.29. The van der Waals surface area contributed by atoms with Gasteiger partial charge in [-0.05, 0) is 49.9 Å². The van der Waals surface area contributed by atoms with Gasteiger partial charge in [0.05, 0.1) is 7.11 Å². The average molecular weight is 348 g/mol. The zero-order valence-corrected chi connectivity index (χ0v) is 15.2. The van der Waals surface area contributed by atoms with Crippen LogP contribution in [0.4, 0.5) is 11.5 Å². The minimum Gasteiger partial charge on any atom is -0.497 e. The minimum atomic E-state index is -0.100. The van der Waals surface area contributed by atoms with Gasteiger partial charge in [0, 0.05) is 24.5 Å². The molecule has 5 nitrogen and oxygen atoms in total. The van der Waals surface area contributed by atoms with Gasteiger partial charge in [0.2, 0.25) is 5.82 Å². The van der Waals surface area contributed by atoms with Crippen molar-refractivity contribution in [3.8, 4) is 5.75 Å². The minimum absolute atomic E-state index is 0.0794. The highest BCUT2D eigenvalue weighted by Crippen LogP contribution is 2.38. The molecule has 0 amide bonds. The van der Waals surface area contributed by atoms with Crippen LogP contribution in [0.1, 0.15) is 37.4 Å². The van der Waals surface area contributed by atoms with E-state index in [2.05, 4.69) is 4.98 Å². The van der Waals surface area contributed by atoms with Crippen molar-refractivity contribution in [2.75, 3.05) is 18.6 Å². The van der Waals surface area contributed by atoms with E-state index in [9.17, 15) is 4.79 Å². The summed E-state index contributed by atoms with van der Waals surface area (Å²) in [6.45, 7) is 6.80. The molecular formula is C18H22ClN3O2. The first kappa shape index (κ1) is 16.8. The van der Waals surface area contributed by atoms with Gasteiger partial charge < -0.3 is 14.2 Å². The Hall–Kier alpha value is -2.01. The maximum Gasteiger partial charge on any atom is 0.294 e. The van der Waals surface area contributed by atoms with Crippen molar-refractivity contribution in [2.24, 2.45) is 0 Å². The Balaban J connectivity index is 2.14. The van der Waals surface area contributed by atoms with Gasteiger partial charge in [0.15, 0.2) is 0 Å². The second kappa shape index (κ2) is 6.48. The molecule has 1 unspecified atom stereocenters. The maximum absolute atomic E-state index is 12.9. The van der Waals surface area contributed by atoms with Gasteiger partial charge in [0.1, 0.15) is 10.9 Å². The van der Waals surface area contributed by atoms with Crippen molar-refractivity contribution < 1.29 is 4.74 Å². The second-order valence-electron chi connectivity index (χ2n) is 6.21. The van der Waals surface area contributed by atoms with E-state index in [1.807, 2.05) is 37.8 Å². The topological polar surface area (TPSA) is 47.4 Å². The Bertz CT molecular complexity index is 832. The molecule has 3 rings (SSSR count). The third-order valence-electron chi connectivity index (χ3n) is 4.67. The molecule has 128 valence electrons. The highest BCUT2D eigenvalue weighted by atomic mass is 35.5. The SMILES string of the molecule is CCC(C)n1cc(Cl)nc(N2CCc3cc(OC)cc(C)c32)c1=O. The Morgan fingerprint density at radius 3 is 2.83 bits per heavy atom. The number of fused-ring (bicyclic) bond motifs is 1. The van der Waals surface area contributed by atoms with Crippen LogP contribution in [-0.2, 0) is 6.42 Å². The number of ether oxygens (including phenoxy) is 1. The molecule has 2 aromatic rings. The third kappa shape index (κ3) is 2.77. The van der Waals surface area contributed by atoms with Crippen LogP contribution < -0.4 is 15.2 Å². The van der Waals surface area contributed by atoms with Crippen molar-refractivity contribution in [3.63, 3.8) is 0 Å². The molecule has 1 aromatic carbocycles. The summed E-state index contributed by atoms with van der Waals surface area (Å²) in [6, 6.07) is 4.09. The van der Waals surface area contributed by atoms with Crippen LogP contribution >= 0.6 is 11.6 Å². The molecule has 1 aromatic heterocycles. The zero-order chi connectivity index (χ0) is 17.4. The van der Waals surface area contributed by atoms with E-state index in [0.717, 1.165) is 29.8 Å². The Morgan fingerprint density at radius 2 is 2.17 bits per heavy atom. The van der Waals surface area contributed by atoms with Crippen molar-refractivity contribution in [3.05, 3.63) is 45.0 Å². The number of hydrogen-bond acceptors (Lipinski definition) is 4. The van der Waals surface area contributed by atoms with E-state index in [4.69, 9.17) is 16.3 Å². The van der Waals surface area contributed by atoms with Gasteiger partial charge in [-0.2, -0.15) is 0 Å². The van der Waals surface area contributed by atoms with Crippen LogP contribution in [0.15, 0.2) is 23.1 Å². The maximum atomic E-state index is 12.9. The van der Waals surface area contributed by atoms with Crippen molar-refractivity contribution in [1.82, 2.24) is 9.55 Å². The number of benzene rings is 1. The second-order valence-corrected chi connectivity index (χ2v) is 6.60. The lowest BCUT2D eigenvalue weighted by molar-refractivity contribution is 0.414. The molecule has 2 heterocycles. The lowest BCUT2D eigenvalue weighted by atomic mass is 10.1. The molecule has 0 radical (unpaired) electrons. The molecule has 24 heavy (non-hydrogen) atoms. The smallest absolute Gasteiger partial charge is 0.294 e. The first-order chi connectivity index (χ1) is 11.5. The summed E-state index contributed by atoms with van der Waals surface area (Å²) in [5.41, 5.74) is 3.18.